The van der Waals surface area contributed by atoms with Gasteiger partial charge in [0.15, 0.2) is 0 Å². The van der Waals surface area contributed by atoms with Crippen molar-refractivity contribution < 1.29 is 63.5 Å². The molecule has 2 amide bonds. The molecule has 0 saturated carbocycles. The smallest absolute Gasteiger partial charge is 0.543 e. The van der Waals surface area contributed by atoms with Crippen LogP contribution in [0.15, 0.2) is 11.3 Å². The number of thioether (sulfide) groups is 1. The van der Waals surface area contributed by atoms with Gasteiger partial charge in [-0.1, -0.05) is 20.8 Å². The molecule has 0 spiro atoms. The molecule has 1 saturated heterocycles. The van der Waals surface area contributed by atoms with Crippen LogP contribution in [-0.4, -0.2) is 63.4 Å². The van der Waals surface area contributed by atoms with Gasteiger partial charge in [0, 0.05) is 28.6 Å². The van der Waals surface area contributed by atoms with Crippen molar-refractivity contribution in [1.29, 1.82) is 0 Å². The predicted octanol–water partition coefficient (Wildman–Crippen LogP) is -4.35. The maximum atomic E-state index is 12.5. The Morgan fingerprint density at radius 1 is 1.38 bits per heavy atom. The molecular weight excluding hydrogens is 417 g/mol. The van der Waals surface area contributed by atoms with Crippen LogP contribution in [0, 0.1) is 15.5 Å². The van der Waals surface area contributed by atoms with E-state index in [4.69, 9.17) is 4.74 Å². The zero-order chi connectivity index (χ0) is 21.4. The standard InChI is InChI=1S/C16H21N3O8S.Na/c1-7(20)27-5-8-6-28-14-9(13(22)18(14)10(8)15(23)24)17-12(21)11(19(25)26)16(2,3)4;/h9,11,14H,5-6H2,1-4H3,(H,17,21)(H,23,24);/q;+1/p-1/t9?,11?,14-;/m0./s1. The first kappa shape index (κ1) is 25.4. The van der Waals surface area contributed by atoms with Crippen molar-refractivity contribution in [3.63, 3.8) is 0 Å². The molecule has 0 aliphatic carbocycles. The summed E-state index contributed by atoms with van der Waals surface area (Å²) in [6.45, 7) is 5.46. The Morgan fingerprint density at radius 3 is 2.41 bits per heavy atom. The number of nitrogens with zero attached hydrogens (tertiary/aromatic N) is 2. The Bertz CT molecular complexity index is 779. The predicted molar refractivity (Wildman–Crippen MR) is 93.9 cm³/mol. The number of carbonyl (C=O) groups is 4. The third-order valence-electron chi connectivity index (χ3n) is 4.27. The minimum atomic E-state index is -1.61. The zero-order valence-electron chi connectivity index (χ0n) is 16.7. The number of carbonyl (C=O) groups excluding carboxylic acids is 4. The van der Waals surface area contributed by atoms with Crippen LogP contribution in [0.3, 0.4) is 0 Å². The monoisotopic (exact) mass is 437 g/mol. The summed E-state index contributed by atoms with van der Waals surface area (Å²) >= 11 is 1.16. The van der Waals surface area contributed by atoms with Crippen LogP contribution in [0.25, 0.3) is 0 Å². The number of nitrogens with one attached hydrogen (secondary N) is 1. The van der Waals surface area contributed by atoms with E-state index in [2.05, 4.69) is 5.32 Å². The molecule has 0 aromatic carbocycles. The normalized spacial score (nSPS) is 21.9. The minimum Gasteiger partial charge on any atom is -0.543 e. The maximum absolute atomic E-state index is 12.5. The first-order valence-electron chi connectivity index (χ1n) is 8.31. The fourth-order valence-corrected chi connectivity index (χ4v) is 4.34. The van der Waals surface area contributed by atoms with Crippen LogP contribution in [-0.2, 0) is 23.9 Å². The average molecular weight is 437 g/mol. The molecule has 2 rings (SSSR count). The number of fused-ring (bicyclic) bond motifs is 1. The second-order valence-corrected chi connectivity index (χ2v) is 8.57. The van der Waals surface area contributed by atoms with E-state index in [1.807, 2.05) is 0 Å². The van der Waals surface area contributed by atoms with Crippen molar-refractivity contribution in [2.45, 2.75) is 45.2 Å². The number of amides is 2. The van der Waals surface area contributed by atoms with E-state index in [1.165, 1.54) is 27.7 Å². The Kier molecular flexibility index (Phi) is 8.28. The summed E-state index contributed by atoms with van der Waals surface area (Å²) in [7, 11) is 0. The molecule has 154 valence electrons. The fourth-order valence-electron chi connectivity index (χ4n) is 3.01. The van der Waals surface area contributed by atoms with Crippen molar-refractivity contribution in [1.82, 2.24) is 10.2 Å². The first-order valence-corrected chi connectivity index (χ1v) is 9.36. The molecule has 0 aromatic rings. The van der Waals surface area contributed by atoms with Crippen molar-refractivity contribution in [2.75, 3.05) is 12.4 Å². The van der Waals surface area contributed by atoms with Gasteiger partial charge in [0.1, 0.15) is 18.0 Å². The van der Waals surface area contributed by atoms with E-state index >= 15 is 0 Å². The van der Waals surface area contributed by atoms with Gasteiger partial charge in [0.25, 0.3) is 17.9 Å². The molecular formula is C16H20N3NaO8S. The van der Waals surface area contributed by atoms with Crippen LogP contribution in [0.1, 0.15) is 27.7 Å². The fraction of sp³-hybridized carbons (Fsp3) is 0.625. The molecule has 11 nitrogen and oxygen atoms in total. The largest absolute Gasteiger partial charge is 1.00 e. The maximum Gasteiger partial charge on any atom is 1.00 e. The van der Waals surface area contributed by atoms with Crippen molar-refractivity contribution >= 4 is 35.5 Å². The van der Waals surface area contributed by atoms with Crippen molar-refractivity contribution in [3.05, 3.63) is 21.4 Å². The SMILES string of the molecule is CC(=O)OCC1=C(C(=O)[O-])N2C(=O)C(NC(=O)C([N+](=O)[O-])C(C)(C)C)[C@@H]2SC1.[Na+]. The second kappa shape index (κ2) is 9.45. The number of ether oxygens (including phenoxy) is 1. The molecule has 29 heavy (non-hydrogen) atoms. The Morgan fingerprint density at radius 2 is 1.97 bits per heavy atom. The molecule has 2 heterocycles. The molecule has 1 N–H and O–H groups in total. The quantitative estimate of drug-likeness (QED) is 0.142. The summed E-state index contributed by atoms with van der Waals surface area (Å²) in [5.41, 5.74) is -1.18. The van der Waals surface area contributed by atoms with Gasteiger partial charge in [0.05, 0.1) is 11.7 Å². The number of hydrogen-bond acceptors (Lipinski definition) is 9. The van der Waals surface area contributed by atoms with Gasteiger partial charge in [-0.2, -0.15) is 0 Å². The number of hydrogen-bond donors (Lipinski definition) is 1. The number of carboxylic acids is 1. The van der Waals surface area contributed by atoms with E-state index in [1.54, 1.807) is 0 Å². The summed E-state index contributed by atoms with van der Waals surface area (Å²) in [4.78, 5) is 58.8. The molecule has 2 aliphatic rings. The summed E-state index contributed by atoms with van der Waals surface area (Å²) in [5, 5.41) is 24.4. The van der Waals surface area contributed by atoms with E-state index in [9.17, 15) is 34.4 Å². The number of nitro groups is 1. The molecule has 2 aliphatic heterocycles. The molecule has 0 bridgehead atoms. The van der Waals surface area contributed by atoms with E-state index < -0.39 is 57.2 Å². The topological polar surface area (TPSA) is 159 Å². The number of β-lactam (4-membered cyclic amide) rings is 1. The Labute approximate surface area is 193 Å². The second-order valence-electron chi connectivity index (χ2n) is 7.47. The van der Waals surface area contributed by atoms with Crippen LogP contribution in [0.2, 0.25) is 0 Å². The first-order chi connectivity index (χ1) is 12.9. The van der Waals surface area contributed by atoms with Crippen LogP contribution < -0.4 is 40.0 Å². The van der Waals surface area contributed by atoms with Gasteiger partial charge in [-0.15, -0.1) is 11.8 Å². The average Bonchev–Trinajstić information content (AvgIpc) is 2.54. The van der Waals surface area contributed by atoms with Gasteiger partial charge < -0.3 is 20.0 Å². The number of esters is 1. The molecule has 0 aromatic heterocycles. The van der Waals surface area contributed by atoms with Gasteiger partial charge in [-0.05, 0) is 0 Å². The van der Waals surface area contributed by atoms with Gasteiger partial charge in [-0.3, -0.25) is 29.4 Å². The van der Waals surface area contributed by atoms with Crippen molar-refractivity contribution in [3.8, 4) is 0 Å². The zero-order valence-corrected chi connectivity index (χ0v) is 19.5. The van der Waals surface area contributed by atoms with E-state index in [0.29, 0.717) is 0 Å². The molecule has 1 fully saturated rings. The summed E-state index contributed by atoms with van der Waals surface area (Å²) in [6.07, 6.45) is 0. The Balaban J connectivity index is 0.00000420. The van der Waals surface area contributed by atoms with Gasteiger partial charge in [0.2, 0.25) is 0 Å². The third kappa shape index (κ3) is 5.30. The van der Waals surface area contributed by atoms with Gasteiger partial charge in [-0.25, -0.2) is 0 Å². The van der Waals surface area contributed by atoms with Crippen LogP contribution in [0.5, 0.6) is 0 Å². The number of rotatable bonds is 6. The molecule has 2 unspecified atom stereocenters. The number of carboxylic acid groups (broad SMARTS) is 1. The summed E-state index contributed by atoms with van der Waals surface area (Å²) < 4.78 is 4.81. The molecule has 0 radical (unpaired) electrons. The third-order valence-corrected chi connectivity index (χ3v) is 5.61. The molecule has 13 heteroatoms. The summed E-state index contributed by atoms with van der Waals surface area (Å²) in [5.74, 6) is -3.72. The van der Waals surface area contributed by atoms with E-state index in [-0.39, 0.29) is 47.5 Å². The number of aliphatic carboxylic acids is 1. The summed E-state index contributed by atoms with van der Waals surface area (Å²) in [6, 6.07) is -2.66. The van der Waals surface area contributed by atoms with E-state index in [0.717, 1.165) is 16.7 Å². The van der Waals surface area contributed by atoms with Crippen LogP contribution in [0.4, 0.5) is 0 Å². The Hall–Kier alpha value is -1.63. The van der Waals surface area contributed by atoms with Crippen LogP contribution >= 0.6 is 11.8 Å². The molecule has 3 atom stereocenters. The van der Waals surface area contributed by atoms with Gasteiger partial charge >= 0.3 is 35.5 Å². The van der Waals surface area contributed by atoms with Crippen molar-refractivity contribution in [2.24, 2.45) is 5.41 Å². The minimum absolute atomic E-state index is 0.